The third-order valence-electron chi connectivity index (χ3n) is 2.56. The summed E-state index contributed by atoms with van der Waals surface area (Å²) in [4.78, 5) is 15.8. The van der Waals surface area contributed by atoms with Gasteiger partial charge in [0, 0.05) is 24.6 Å². The first kappa shape index (κ1) is 11.2. The van der Waals surface area contributed by atoms with Crippen LogP contribution >= 0.6 is 0 Å². The minimum Gasteiger partial charge on any atom is -0.398 e. The van der Waals surface area contributed by atoms with E-state index in [0.29, 0.717) is 17.1 Å². The molecule has 0 radical (unpaired) electrons. The number of aromatic nitrogens is 2. The summed E-state index contributed by atoms with van der Waals surface area (Å²) in [5, 5.41) is 2.79. The highest BCUT2D eigenvalue weighted by Gasteiger charge is 2.10. The van der Waals surface area contributed by atoms with Crippen LogP contribution in [0.1, 0.15) is 16.1 Å². The van der Waals surface area contributed by atoms with Crippen molar-refractivity contribution in [2.24, 2.45) is 7.05 Å². The number of nitrogens with zero attached hydrogens (tertiary/aromatic N) is 2. The number of amides is 1. The normalized spacial score (nSPS) is 10.2. The van der Waals surface area contributed by atoms with Crippen molar-refractivity contribution < 1.29 is 4.79 Å². The molecule has 2 rings (SSSR count). The van der Waals surface area contributed by atoms with Crippen molar-refractivity contribution in [2.45, 2.75) is 6.92 Å². The number of carbonyl (C=O) groups excluding carboxylic acids is 1. The summed E-state index contributed by atoms with van der Waals surface area (Å²) < 4.78 is 1.72. The number of benzene rings is 1. The molecular weight excluding hydrogens is 216 g/mol. The second-order valence-electron chi connectivity index (χ2n) is 3.90. The lowest BCUT2D eigenvalue weighted by molar-refractivity contribution is 0.102. The quantitative estimate of drug-likeness (QED) is 0.769. The molecule has 88 valence electrons. The van der Waals surface area contributed by atoms with E-state index in [2.05, 4.69) is 10.3 Å². The number of hydrogen-bond donors (Lipinski definition) is 2. The van der Waals surface area contributed by atoms with E-state index in [-0.39, 0.29) is 5.91 Å². The van der Waals surface area contributed by atoms with E-state index in [1.165, 1.54) is 0 Å². The van der Waals surface area contributed by atoms with Crippen molar-refractivity contribution in [3.63, 3.8) is 0 Å². The SMILES string of the molecule is Cc1c(N)cccc1NC(=O)c1cn(C)cn1. The molecule has 1 aromatic carbocycles. The van der Waals surface area contributed by atoms with Crippen molar-refractivity contribution in [2.75, 3.05) is 11.1 Å². The third-order valence-corrected chi connectivity index (χ3v) is 2.56. The van der Waals surface area contributed by atoms with Gasteiger partial charge in [0.1, 0.15) is 5.69 Å². The first-order chi connectivity index (χ1) is 8.08. The molecule has 2 aromatic rings. The molecule has 5 nitrogen and oxygen atoms in total. The summed E-state index contributed by atoms with van der Waals surface area (Å²) in [5.74, 6) is -0.237. The van der Waals surface area contributed by atoms with Crippen LogP contribution in [-0.2, 0) is 7.05 Å². The van der Waals surface area contributed by atoms with Crippen LogP contribution in [0.5, 0.6) is 0 Å². The number of anilines is 2. The van der Waals surface area contributed by atoms with Gasteiger partial charge in [-0.15, -0.1) is 0 Å². The Labute approximate surface area is 99.3 Å². The molecule has 1 aromatic heterocycles. The molecule has 1 amide bonds. The van der Waals surface area contributed by atoms with Gasteiger partial charge < -0.3 is 15.6 Å². The average Bonchev–Trinajstić information content (AvgIpc) is 2.72. The molecule has 5 heteroatoms. The van der Waals surface area contributed by atoms with Gasteiger partial charge in [-0.05, 0) is 24.6 Å². The van der Waals surface area contributed by atoms with Gasteiger partial charge >= 0.3 is 0 Å². The van der Waals surface area contributed by atoms with E-state index in [0.717, 1.165) is 5.56 Å². The van der Waals surface area contributed by atoms with Crippen LogP contribution in [0.15, 0.2) is 30.7 Å². The maximum atomic E-state index is 11.9. The largest absolute Gasteiger partial charge is 0.398 e. The minimum absolute atomic E-state index is 0.237. The smallest absolute Gasteiger partial charge is 0.275 e. The fraction of sp³-hybridized carbons (Fsp3) is 0.167. The van der Waals surface area contributed by atoms with Gasteiger partial charge in [-0.1, -0.05) is 6.07 Å². The molecule has 17 heavy (non-hydrogen) atoms. The van der Waals surface area contributed by atoms with E-state index in [1.807, 2.05) is 20.0 Å². The minimum atomic E-state index is -0.237. The van der Waals surface area contributed by atoms with Gasteiger partial charge in [0.15, 0.2) is 0 Å². The molecule has 0 bridgehead atoms. The monoisotopic (exact) mass is 230 g/mol. The number of carbonyl (C=O) groups is 1. The Morgan fingerprint density at radius 2 is 2.24 bits per heavy atom. The summed E-state index contributed by atoms with van der Waals surface area (Å²) in [5.41, 5.74) is 8.38. The van der Waals surface area contributed by atoms with Crippen LogP contribution in [0.25, 0.3) is 0 Å². The number of nitrogens with two attached hydrogens (primary N) is 1. The summed E-state index contributed by atoms with van der Waals surface area (Å²) >= 11 is 0. The zero-order valence-electron chi connectivity index (χ0n) is 9.77. The Balaban J connectivity index is 2.21. The predicted molar refractivity (Wildman–Crippen MR) is 66.8 cm³/mol. The van der Waals surface area contributed by atoms with Gasteiger partial charge in [-0.2, -0.15) is 0 Å². The molecule has 1 heterocycles. The molecule has 0 saturated heterocycles. The zero-order chi connectivity index (χ0) is 12.4. The third kappa shape index (κ3) is 2.28. The van der Waals surface area contributed by atoms with E-state index in [1.54, 1.807) is 29.2 Å². The maximum absolute atomic E-state index is 11.9. The lowest BCUT2D eigenvalue weighted by atomic mass is 10.1. The molecule has 0 fully saturated rings. The van der Waals surface area contributed by atoms with E-state index in [9.17, 15) is 4.79 Å². The Bertz CT molecular complexity index is 559. The van der Waals surface area contributed by atoms with Gasteiger partial charge in [-0.25, -0.2) is 4.98 Å². The van der Waals surface area contributed by atoms with E-state index < -0.39 is 0 Å². The number of hydrogen-bond acceptors (Lipinski definition) is 3. The standard InChI is InChI=1S/C12H14N4O/c1-8-9(13)4-3-5-10(8)15-12(17)11-6-16(2)7-14-11/h3-7H,13H2,1-2H3,(H,15,17). The van der Waals surface area contributed by atoms with E-state index >= 15 is 0 Å². The van der Waals surface area contributed by atoms with Gasteiger partial charge in [-0.3, -0.25) is 4.79 Å². The van der Waals surface area contributed by atoms with Crippen LogP contribution in [0.3, 0.4) is 0 Å². The lowest BCUT2D eigenvalue weighted by Gasteiger charge is -2.08. The highest BCUT2D eigenvalue weighted by atomic mass is 16.1. The Hall–Kier alpha value is -2.30. The van der Waals surface area contributed by atoms with Crippen molar-refractivity contribution in [3.8, 4) is 0 Å². The van der Waals surface area contributed by atoms with Crippen LogP contribution < -0.4 is 11.1 Å². The number of aryl methyl sites for hydroxylation is 1. The van der Waals surface area contributed by atoms with Gasteiger partial charge in [0.05, 0.1) is 6.33 Å². The molecule has 0 saturated carbocycles. The first-order valence-electron chi connectivity index (χ1n) is 5.22. The Kier molecular flexibility index (Phi) is 2.82. The molecule has 0 unspecified atom stereocenters. The molecule has 0 aliphatic heterocycles. The molecule has 0 atom stereocenters. The lowest BCUT2D eigenvalue weighted by Crippen LogP contribution is -2.13. The van der Waals surface area contributed by atoms with Crippen LogP contribution in [-0.4, -0.2) is 15.5 Å². The Morgan fingerprint density at radius 1 is 1.47 bits per heavy atom. The number of nitrogen functional groups attached to an aromatic ring is 1. The molecule has 0 aliphatic rings. The zero-order valence-corrected chi connectivity index (χ0v) is 9.77. The average molecular weight is 230 g/mol. The Morgan fingerprint density at radius 3 is 2.88 bits per heavy atom. The summed E-state index contributed by atoms with van der Waals surface area (Å²) in [6.07, 6.45) is 3.25. The fourth-order valence-electron chi connectivity index (χ4n) is 1.51. The molecule has 3 N–H and O–H groups in total. The molecule has 0 aliphatic carbocycles. The summed E-state index contributed by atoms with van der Waals surface area (Å²) in [6, 6.07) is 5.41. The highest BCUT2D eigenvalue weighted by molar-refractivity contribution is 6.03. The number of nitrogens with one attached hydrogen (secondary N) is 1. The predicted octanol–water partition coefficient (Wildman–Crippen LogP) is 1.56. The van der Waals surface area contributed by atoms with Crippen LogP contribution in [0.4, 0.5) is 11.4 Å². The fourth-order valence-corrected chi connectivity index (χ4v) is 1.51. The summed E-state index contributed by atoms with van der Waals surface area (Å²) in [7, 11) is 1.82. The first-order valence-corrected chi connectivity index (χ1v) is 5.22. The van der Waals surface area contributed by atoms with Crippen molar-refractivity contribution in [1.82, 2.24) is 9.55 Å². The number of rotatable bonds is 2. The topological polar surface area (TPSA) is 72.9 Å². The number of imidazole rings is 1. The van der Waals surface area contributed by atoms with Crippen LogP contribution in [0.2, 0.25) is 0 Å². The second-order valence-corrected chi connectivity index (χ2v) is 3.90. The van der Waals surface area contributed by atoms with Gasteiger partial charge in [0.25, 0.3) is 5.91 Å². The summed E-state index contributed by atoms with van der Waals surface area (Å²) in [6.45, 7) is 1.86. The van der Waals surface area contributed by atoms with Crippen molar-refractivity contribution in [3.05, 3.63) is 42.0 Å². The van der Waals surface area contributed by atoms with Gasteiger partial charge in [0.2, 0.25) is 0 Å². The molecular formula is C12H14N4O. The van der Waals surface area contributed by atoms with Crippen molar-refractivity contribution >= 4 is 17.3 Å². The van der Waals surface area contributed by atoms with Crippen molar-refractivity contribution in [1.29, 1.82) is 0 Å². The molecule has 0 spiro atoms. The van der Waals surface area contributed by atoms with E-state index in [4.69, 9.17) is 5.73 Å². The maximum Gasteiger partial charge on any atom is 0.275 e. The van der Waals surface area contributed by atoms with Crippen LogP contribution in [0, 0.1) is 6.92 Å². The highest BCUT2D eigenvalue weighted by Crippen LogP contribution is 2.20. The second kappa shape index (κ2) is 4.29.